The summed E-state index contributed by atoms with van der Waals surface area (Å²) in [6.45, 7) is 0.767. The zero-order chi connectivity index (χ0) is 27.9. The number of fused-ring (bicyclic) bond motifs is 1. The lowest BCUT2D eigenvalue weighted by atomic mass is 10.0. The lowest BCUT2D eigenvalue weighted by Gasteiger charge is -2.22. The summed E-state index contributed by atoms with van der Waals surface area (Å²) in [4.78, 5) is 16.7. The number of rotatable bonds is 11. The van der Waals surface area contributed by atoms with Gasteiger partial charge in [-0.2, -0.15) is 0 Å². The van der Waals surface area contributed by atoms with Crippen LogP contribution < -0.4 is 25.8 Å². The molecule has 1 atom stereocenters. The fraction of sp³-hybridized carbons (Fsp3) is 0.125. The number of hydrogen-bond donors (Lipinski definition) is 5. The highest BCUT2D eigenvalue weighted by Gasteiger charge is 2.22. The molecule has 8 nitrogen and oxygen atoms in total. The predicted molar refractivity (Wildman–Crippen MR) is 158 cm³/mol. The minimum atomic E-state index is -0.717. The first-order chi connectivity index (χ1) is 19.5. The zero-order valence-corrected chi connectivity index (χ0v) is 22.1. The average molecular weight is 534 g/mol. The molecule has 8 heteroatoms. The van der Waals surface area contributed by atoms with Crippen LogP contribution in [0.5, 0.6) is 11.5 Å². The number of nitrogens with two attached hydrogens (primary N) is 1. The monoisotopic (exact) mass is 533 g/mol. The number of carbonyl (C=O) groups is 1. The summed E-state index contributed by atoms with van der Waals surface area (Å²) in [7, 11) is 1.58. The van der Waals surface area contributed by atoms with Gasteiger partial charge >= 0.3 is 0 Å². The van der Waals surface area contributed by atoms with Crippen LogP contribution >= 0.6 is 0 Å². The maximum atomic E-state index is 13.5. The average Bonchev–Trinajstić information content (AvgIpc) is 3.46. The minimum absolute atomic E-state index is 0.0166. The van der Waals surface area contributed by atoms with E-state index in [-0.39, 0.29) is 11.7 Å². The zero-order valence-electron chi connectivity index (χ0n) is 22.1. The van der Waals surface area contributed by atoms with E-state index >= 15 is 0 Å². The van der Waals surface area contributed by atoms with Gasteiger partial charge in [-0.3, -0.25) is 10.2 Å². The van der Waals surface area contributed by atoms with Crippen molar-refractivity contribution in [1.29, 1.82) is 5.41 Å². The fourth-order valence-electron chi connectivity index (χ4n) is 4.44. The minimum Gasteiger partial charge on any atom is -0.493 e. The molecule has 202 valence electrons. The van der Waals surface area contributed by atoms with Crippen LogP contribution in [0.15, 0.2) is 103 Å². The van der Waals surface area contributed by atoms with Gasteiger partial charge in [-0.15, -0.1) is 0 Å². The van der Waals surface area contributed by atoms with Crippen molar-refractivity contribution in [2.75, 3.05) is 12.4 Å². The van der Waals surface area contributed by atoms with Crippen LogP contribution in [0.2, 0.25) is 0 Å². The molecular weight excluding hydrogens is 502 g/mol. The van der Waals surface area contributed by atoms with Crippen molar-refractivity contribution in [2.24, 2.45) is 5.73 Å². The number of benzene rings is 4. The number of carbonyl (C=O) groups excluding carboxylic acids is 1. The second-order valence-corrected chi connectivity index (χ2v) is 9.37. The summed E-state index contributed by atoms with van der Waals surface area (Å²) >= 11 is 0. The van der Waals surface area contributed by atoms with Crippen LogP contribution in [0.3, 0.4) is 0 Å². The van der Waals surface area contributed by atoms with Gasteiger partial charge in [0.05, 0.1) is 7.11 Å². The molecule has 6 N–H and O–H groups in total. The van der Waals surface area contributed by atoms with Gasteiger partial charge in [0.1, 0.15) is 18.5 Å². The Bertz CT molecular complexity index is 1610. The van der Waals surface area contributed by atoms with E-state index in [1.54, 1.807) is 31.4 Å². The Hall–Kier alpha value is -5.24. The number of ether oxygens (including phenoxy) is 2. The summed E-state index contributed by atoms with van der Waals surface area (Å²) in [6, 6.07) is 29.8. The highest BCUT2D eigenvalue weighted by Crippen LogP contribution is 2.32. The van der Waals surface area contributed by atoms with Gasteiger partial charge in [-0.1, -0.05) is 42.5 Å². The van der Waals surface area contributed by atoms with Crippen molar-refractivity contribution in [1.82, 2.24) is 10.3 Å². The van der Waals surface area contributed by atoms with Gasteiger partial charge in [-0.05, 0) is 76.7 Å². The van der Waals surface area contributed by atoms with E-state index in [1.807, 2.05) is 72.9 Å². The second kappa shape index (κ2) is 12.1. The maximum Gasteiger partial charge on any atom is 0.247 e. The Balaban J connectivity index is 1.37. The number of amidine groups is 1. The van der Waals surface area contributed by atoms with Crippen molar-refractivity contribution < 1.29 is 14.3 Å². The second-order valence-electron chi connectivity index (χ2n) is 9.37. The van der Waals surface area contributed by atoms with E-state index in [0.29, 0.717) is 41.5 Å². The van der Waals surface area contributed by atoms with Crippen molar-refractivity contribution in [3.63, 3.8) is 0 Å². The van der Waals surface area contributed by atoms with Crippen LogP contribution in [0.4, 0.5) is 5.69 Å². The molecule has 0 bridgehead atoms. The van der Waals surface area contributed by atoms with Crippen molar-refractivity contribution in [3.8, 4) is 11.5 Å². The van der Waals surface area contributed by atoms with Crippen molar-refractivity contribution >= 4 is 28.3 Å². The largest absolute Gasteiger partial charge is 0.493 e. The fourth-order valence-corrected chi connectivity index (χ4v) is 4.44. The number of H-pyrrole nitrogens is 1. The van der Waals surface area contributed by atoms with Crippen LogP contribution in [0.1, 0.15) is 28.3 Å². The molecule has 0 saturated heterocycles. The molecule has 0 saturated carbocycles. The molecular formula is C32H31N5O3. The molecule has 0 aliphatic carbocycles. The number of nitrogen functional groups attached to an aromatic ring is 1. The molecule has 0 aliphatic rings. The third-order valence-corrected chi connectivity index (χ3v) is 6.61. The molecule has 1 aromatic heterocycles. The third-order valence-electron chi connectivity index (χ3n) is 6.61. The molecule has 1 heterocycles. The molecule has 0 unspecified atom stereocenters. The highest BCUT2D eigenvalue weighted by molar-refractivity contribution is 5.95. The predicted octanol–water partition coefficient (Wildman–Crippen LogP) is 5.51. The first-order valence-corrected chi connectivity index (χ1v) is 12.9. The van der Waals surface area contributed by atoms with Crippen molar-refractivity contribution in [3.05, 3.63) is 126 Å². The maximum absolute atomic E-state index is 13.5. The number of nitrogens with one attached hydrogen (secondary N) is 4. The van der Waals surface area contributed by atoms with E-state index < -0.39 is 6.04 Å². The highest BCUT2D eigenvalue weighted by atomic mass is 16.5. The molecule has 4 aromatic carbocycles. The molecule has 0 spiro atoms. The smallest absolute Gasteiger partial charge is 0.247 e. The van der Waals surface area contributed by atoms with Crippen LogP contribution in [-0.4, -0.2) is 23.8 Å². The topological polar surface area (TPSA) is 125 Å². The summed E-state index contributed by atoms with van der Waals surface area (Å²) < 4.78 is 11.8. The van der Waals surface area contributed by atoms with E-state index in [2.05, 4.69) is 21.7 Å². The molecule has 1 amide bonds. The molecule has 0 fully saturated rings. The van der Waals surface area contributed by atoms with Gasteiger partial charge in [0.25, 0.3) is 0 Å². The van der Waals surface area contributed by atoms with Gasteiger partial charge in [-0.25, -0.2) is 0 Å². The van der Waals surface area contributed by atoms with Crippen LogP contribution in [-0.2, 0) is 17.9 Å². The van der Waals surface area contributed by atoms with Crippen LogP contribution in [0, 0.1) is 5.41 Å². The molecule has 0 radical (unpaired) electrons. The Kier molecular flexibility index (Phi) is 7.97. The van der Waals surface area contributed by atoms with Gasteiger partial charge in [0.2, 0.25) is 5.91 Å². The normalized spacial score (nSPS) is 11.5. The number of aromatic amines is 1. The summed E-state index contributed by atoms with van der Waals surface area (Å²) in [6.07, 6.45) is 1.91. The number of hydrogen-bond acceptors (Lipinski definition) is 5. The lowest BCUT2D eigenvalue weighted by Crippen LogP contribution is -2.33. The number of aromatic nitrogens is 1. The Morgan fingerprint density at radius 1 is 0.925 bits per heavy atom. The first-order valence-electron chi connectivity index (χ1n) is 12.9. The number of amides is 1. The summed E-state index contributed by atoms with van der Waals surface area (Å²) in [5.41, 5.74) is 10.7. The van der Waals surface area contributed by atoms with Gasteiger partial charge < -0.3 is 30.8 Å². The van der Waals surface area contributed by atoms with E-state index in [9.17, 15) is 4.79 Å². The van der Waals surface area contributed by atoms with Gasteiger partial charge in [0.15, 0.2) is 11.5 Å². The molecule has 0 aliphatic heterocycles. The standard InChI is InChI=1S/C32H31N5O3/c1-39-29-18-25(10-14-28(29)40-20-22-7-13-27-24(17-22)15-16-35-27)30(32(38)36-19-21-5-3-2-4-6-21)37-26-11-8-23(9-12-26)31(33)34/h2-18,30,35,37H,19-20H2,1H3,(H3,33,34)(H,36,38)/t30-/m1/s1. The Labute approximate surface area is 232 Å². The number of anilines is 1. The number of methoxy groups -OCH3 is 1. The Morgan fingerprint density at radius 2 is 1.73 bits per heavy atom. The Morgan fingerprint density at radius 3 is 2.48 bits per heavy atom. The third kappa shape index (κ3) is 6.24. The van der Waals surface area contributed by atoms with E-state index in [4.69, 9.17) is 20.6 Å². The molecule has 5 rings (SSSR count). The van der Waals surface area contributed by atoms with Gasteiger partial charge in [0, 0.05) is 29.5 Å². The molecule has 40 heavy (non-hydrogen) atoms. The lowest BCUT2D eigenvalue weighted by molar-refractivity contribution is -0.122. The SMILES string of the molecule is COc1cc([C@@H](Nc2ccc(C(=N)N)cc2)C(=O)NCc2ccccc2)ccc1OCc1ccc2[nH]ccc2c1. The van der Waals surface area contributed by atoms with E-state index in [1.165, 1.54) is 0 Å². The quantitative estimate of drug-likeness (QED) is 0.113. The summed E-state index contributed by atoms with van der Waals surface area (Å²) in [5, 5.41) is 15.1. The van der Waals surface area contributed by atoms with Crippen molar-refractivity contribution in [2.45, 2.75) is 19.2 Å². The summed E-state index contributed by atoms with van der Waals surface area (Å²) in [5.74, 6) is 0.886. The van der Waals surface area contributed by atoms with E-state index in [0.717, 1.165) is 22.0 Å². The van der Waals surface area contributed by atoms with Crippen LogP contribution in [0.25, 0.3) is 10.9 Å². The molecule has 5 aromatic rings. The first kappa shape index (κ1) is 26.4.